The summed E-state index contributed by atoms with van der Waals surface area (Å²) in [6.07, 6.45) is 2.31. The molecule has 1 nitrogen and oxygen atoms in total. The van der Waals surface area contributed by atoms with Crippen LogP contribution in [0.1, 0.15) is 64.5 Å². The lowest BCUT2D eigenvalue weighted by Crippen LogP contribution is -2.13. The van der Waals surface area contributed by atoms with Gasteiger partial charge in [-0.05, 0) is 47.8 Å². The Hall–Kier alpha value is -0.820. The van der Waals surface area contributed by atoms with Crippen LogP contribution in [0.4, 0.5) is 0 Å². The van der Waals surface area contributed by atoms with Crippen molar-refractivity contribution in [1.29, 1.82) is 0 Å². The maximum atomic E-state index is 5.64. The first-order valence-corrected chi connectivity index (χ1v) is 7.16. The quantitative estimate of drug-likeness (QED) is 0.816. The normalized spacial score (nSPS) is 13.9. The van der Waals surface area contributed by atoms with Crippen LogP contribution in [0.3, 0.4) is 0 Å². The molecule has 0 saturated carbocycles. The lowest BCUT2D eigenvalue weighted by molar-refractivity contribution is 0.457. The van der Waals surface area contributed by atoms with Crippen LogP contribution in [0.25, 0.3) is 0 Å². The fraction of sp³-hybridized carbons (Fsp3) is 0.647. The van der Waals surface area contributed by atoms with E-state index < -0.39 is 0 Å². The SMILES string of the molecule is CC(C)C(CCCN)c1ccc(C(C)(C)C)cc1. The second-order valence-electron chi connectivity index (χ2n) is 6.65. The Morgan fingerprint density at radius 2 is 1.61 bits per heavy atom. The lowest BCUT2D eigenvalue weighted by Gasteiger charge is -2.24. The van der Waals surface area contributed by atoms with E-state index in [2.05, 4.69) is 58.9 Å². The van der Waals surface area contributed by atoms with Crippen LogP contribution in [-0.2, 0) is 5.41 Å². The molecule has 2 N–H and O–H groups in total. The molecule has 0 aliphatic carbocycles. The fourth-order valence-electron chi connectivity index (χ4n) is 2.45. The van der Waals surface area contributed by atoms with Crippen LogP contribution in [0.2, 0.25) is 0 Å². The number of hydrogen-bond donors (Lipinski definition) is 1. The first kappa shape index (κ1) is 15.2. The summed E-state index contributed by atoms with van der Waals surface area (Å²) >= 11 is 0. The minimum absolute atomic E-state index is 0.239. The van der Waals surface area contributed by atoms with Gasteiger partial charge in [0.2, 0.25) is 0 Å². The van der Waals surface area contributed by atoms with Crippen molar-refractivity contribution in [3.63, 3.8) is 0 Å². The molecule has 1 atom stereocenters. The third-order valence-corrected chi connectivity index (χ3v) is 3.73. The van der Waals surface area contributed by atoms with Crippen molar-refractivity contribution in [3.05, 3.63) is 35.4 Å². The van der Waals surface area contributed by atoms with Gasteiger partial charge in [0.05, 0.1) is 0 Å². The van der Waals surface area contributed by atoms with Crippen molar-refractivity contribution in [2.45, 2.75) is 58.8 Å². The summed E-state index contributed by atoms with van der Waals surface area (Å²) in [7, 11) is 0. The summed E-state index contributed by atoms with van der Waals surface area (Å²) in [5.74, 6) is 1.32. The van der Waals surface area contributed by atoms with E-state index in [-0.39, 0.29) is 5.41 Å². The molecule has 0 fully saturated rings. The van der Waals surface area contributed by atoms with E-state index in [9.17, 15) is 0 Å². The molecule has 0 aliphatic heterocycles. The van der Waals surface area contributed by atoms with E-state index in [4.69, 9.17) is 5.73 Å². The van der Waals surface area contributed by atoms with Gasteiger partial charge in [0.25, 0.3) is 0 Å². The molecule has 0 spiro atoms. The third-order valence-electron chi connectivity index (χ3n) is 3.73. The average molecular weight is 247 g/mol. The highest BCUT2D eigenvalue weighted by atomic mass is 14.5. The number of nitrogens with two attached hydrogens (primary N) is 1. The summed E-state index contributed by atoms with van der Waals surface area (Å²) in [4.78, 5) is 0. The Balaban J connectivity index is 2.87. The highest BCUT2D eigenvalue weighted by Gasteiger charge is 2.17. The Morgan fingerprint density at radius 1 is 1.06 bits per heavy atom. The molecule has 102 valence electrons. The number of benzene rings is 1. The molecule has 1 rings (SSSR count). The molecule has 0 saturated heterocycles. The standard InChI is InChI=1S/C17H29N/c1-13(2)16(7-6-12-18)14-8-10-15(11-9-14)17(3,4)5/h8-11,13,16H,6-7,12,18H2,1-5H3. The molecule has 1 heteroatoms. The Kier molecular flexibility index (Phi) is 5.40. The largest absolute Gasteiger partial charge is 0.330 e. The van der Waals surface area contributed by atoms with Gasteiger partial charge < -0.3 is 5.73 Å². The van der Waals surface area contributed by atoms with Crippen LogP contribution >= 0.6 is 0 Å². The van der Waals surface area contributed by atoms with E-state index in [0.29, 0.717) is 11.8 Å². The summed E-state index contributed by atoms with van der Waals surface area (Å²) < 4.78 is 0. The van der Waals surface area contributed by atoms with E-state index in [1.54, 1.807) is 0 Å². The van der Waals surface area contributed by atoms with Gasteiger partial charge in [0.1, 0.15) is 0 Å². The summed E-state index contributed by atoms with van der Waals surface area (Å²) in [5, 5.41) is 0. The van der Waals surface area contributed by atoms with Gasteiger partial charge in [0.15, 0.2) is 0 Å². The summed E-state index contributed by atoms with van der Waals surface area (Å²) in [6, 6.07) is 9.18. The minimum Gasteiger partial charge on any atom is -0.330 e. The van der Waals surface area contributed by atoms with Crippen LogP contribution in [0, 0.1) is 5.92 Å². The molecule has 0 bridgehead atoms. The summed E-state index contributed by atoms with van der Waals surface area (Å²) in [6.45, 7) is 12.2. The monoisotopic (exact) mass is 247 g/mol. The molecular formula is C17H29N. The van der Waals surface area contributed by atoms with Gasteiger partial charge >= 0.3 is 0 Å². The molecule has 1 unspecified atom stereocenters. The predicted octanol–water partition coefficient (Wildman–Crippen LogP) is 4.46. The molecule has 1 aromatic carbocycles. The second kappa shape index (κ2) is 6.38. The van der Waals surface area contributed by atoms with Crippen LogP contribution < -0.4 is 5.73 Å². The van der Waals surface area contributed by atoms with Crippen molar-refractivity contribution < 1.29 is 0 Å². The molecule has 1 aromatic rings. The van der Waals surface area contributed by atoms with E-state index in [1.807, 2.05) is 0 Å². The van der Waals surface area contributed by atoms with Crippen molar-refractivity contribution in [2.24, 2.45) is 11.7 Å². The highest BCUT2D eigenvalue weighted by molar-refractivity contribution is 5.29. The Bertz CT molecular complexity index is 343. The second-order valence-corrected chi connectivity index (χ2v) is 6.65. The smallest absolute Gasteiger partial charge is 0.00771 e. The minimum atomic E-state index is 0.239. The van der Waals surface area contributed by atoms with Crippen molar-refractivity contribution in [2.75, 3.05) is 6.54 Å². The Morgan fingerprint density at radius 3 is 2.00 bits per heavy atom. The van der Waals surface area contributed by atoms with Crippen LogP contribution in [0.15, 0.2) is 24.3 Å². The molecular weight excluding hydrogens is 218 g/mol. The molecule has 0 aromatic heterocycles. The van der Waals surface area contributed by atoms with E-state index in [1.165, 1.54) is 17.5 Å². The van der Waals surface area contributed by atoms with Gasteiger partial charge in [-0.2, -0.15) is 0 Å². The predicted molar refractivity (Wildman–Crippen MR) is 81.0 cm³/mol. The van der Waals surface area contributed by atoms with Gasteiger partial charge in [-0.15, -0.1) is 0 Å². The molecule has 0 radical (unpaired) electrons. The Labute approximate surface area is 113 Å². The van der Waals surface area contributed by atoms with Gasteiger partial charge in [-0.25, -0.2) is 0 Å². The zero-order chi connectivity index (χ0) is 13.8. The van der Waals surface area contributed by atoms with Crippen LogP contribution in [0.5, 0.6) is 0 Å². The third kappa shape index (κ3) is 4.13. The zero-order valence-electron chi connectivity index (χ0n) is 12.7. The first-order chi connectivity index (χ1) is 8.36. The van der Waals surface area contributed by atoms with E-state index in [0.717, 1.165) is 13.0 Å². The van der Waals surface area contributed by atoms with Gasteiger partial charge in [0, 0.05) is 0 Å². The topological polar surface area (TPSA) is 26.0 Å². The number of rotatable bonds is 5. The maximum absolute atomic E-state index is 5.64. The van der Waals surface area contributed by atoms with E-state index >= 15 is 0 Å². The van der Waals surface area contributed by atoms with Crippen molar-refractivity contribution in [3.8, 4) is 0 Å². The van der Waals surface area contributed by atoms with Gasteiger partial charge in [-0.1, -0.05) is 58.9 Å². The molecule has 18 heavy (non-hydrogen) atoms. The number of hydrogen-bond acceptors (Lipinski definition) is 1. The van der Waals surface area contributed by atoms with Crippen LogP contribution in [-0.4, -0.2) is 6.54 Å². The molecule has 0 heterocycles. The van der Waals surface area contributed by atoms with Gasteiger partial charge in [-0.3, -0.25) is 0 Å². The maximum Gasteiger partial charge on any atom is -0.00771 e. The van der Waals surface area contributed by atoms with Crippen molar-refractivity contribution >= 4 is 0 Å². The summed E-state index contributed by atoms with van der Waals surface area (Å²) in [5.41, 5.74) is 8.75. The first-order valence-electron chi connectivity index (χ1n) is 7.16. The zero-order valence-corrected chi connectivity index (χ0v) is 12.7. The fourth-order valence-corrected chi connectivity index (χ4v) is 2.45. The molecule has 0 amide bonds. The van der Waals surface area contributed by atoms with Crippen molar-refractivity contribution in [1.82, 2.24) is 0 Å². The molecule has 0 aliphatic rings. The lowest BCUT2D eigenvalue weighted by atomic mass is 9.82. The highest BCUT2D eigenvalue weighted by Crippen LogP contribution is 2.31. The average Bonchev–Trinajstić information content (AvgIpc) is 2.28.